The van der Waals surface area contributed by atoms with Crippen LogP contribution < -0.4 is 5.32 Å². The van der Waals surface area contributed by atoms with Crippen LogP contribution in [0.25, 0.3) is 0 Å². The van der Waals surface area contributed by atoms with Gasteiger partial charge in [0.05, 0.1) is 15.6 Å². The van der Waals surface area contributed by atoms with Gasteiger partial charge in [-0.25, -0.2) is 0 Å². The first kappa shape index (κ1) is 13.7. The molecule has 0 amide bonds. The molecule has 0 aromatic heterocycles. The van der Waals surface area contributed by atoms with Gasteiger partial charge < -0.3 is 10.2 Å². The zero-order chi connectivity index (χ0) is 13.0. The van der Waals surface area contributed by atoms with Gasteiger partial charge in [-0.1, -0.05) is 11.6 Å². The number of nitro benzene ring substituents is 1. The molecule has 0 radical (unpaired) electrons. The van der Waals surface area contributed by atoms with Gasteiger partial charge >= 0.3 is 0 Å². The van der Waals surface area contributed by atoms with Gasteiger partial charge in [-0.3, -0.25) is 10.1 Å². The van der Waals surface area contributed by atoms with Gasteiger partial charge in [0.25, 0.3) is 5.69 Å². The number of nitro groups is 1. The quantitative estimate of drug-likeness (QED) is 0.651. The van der Waals surface area contributed by atoms with Gasteiger partial charge in [-0.05, 0) is 27.1 Å². The summed E-state index contributed by atoms with van der Waals surface area (Å²) in [4.78, 5) is 12.1. The average molecular weight is 258 g/mol. The maximum atomic E-state index is 10.6. The molecule has 0 aliphatic carbocycles. The summed E-state index contributed by atoms with van der Waals surface area (Å²) in [7, 11) is 3.96. The maximum absolute atomic E-state index is 10.6. The number of rotatable bonds is 5. The molecular weight excluding hydrogens is 242 g/mol. The minimum Gasteiger partial charge on any atom is -0.380 e. The molecule has 0 spiro atoms. The van der Waals surface area contributed by atoms with Crippen LogP contribution in [0.2, 0.25) is 5.02 Å². The number of anilines is 1. The number of hydrogen-bond acceptors (Lipinski definition) is 4. The van der Waals surface area contributed by atoms with Crippen molar-refractivity contribution < 1.29 is 4.92 Å². The Kier molecular flexibility index (Phi) is 4.72. The molecule has 0 fully saturated rings. The van der Waals surface area contributed by atoms with Crippen LogP contribution in [0.1, 0.15) is 6.92 Å². The summed E-state index contributed by atoms with van der Waals surface area (Å²) in [6, 6.07) is 4.64. The zero-order valence-corrected chi connectivity index (χ0v) is 10.9. The lowest BCUT2D eigenvalue weighted by molar-refractivity contribution is -0.384. The fourth-order valence-corrected chi connectivity index (χ4v) is 1.82. The van der Waals surface area contributed by atoms with Crippen LogP contribution in [-0.2, 0) is 0 Å². The number of non-ortho nitro benzene ring substituents is 1. The Hall–Kier alpha value is -1.33. The smallest absolute Gasteiger partial charge is 0.271 e. The van der Waals surface area contributed by atoms with E-state index in [9.17, 15) is 10.1 Å². The molecule has 1 unspecified atom stereocenters. The SMILES string of the molecule is CC(CN(C)C)Nc1ccc([N+](=O)[O-])cc1Cl. The van der Waals surface area contributed by atoms with Crippen LogP contribution in [-0.4, -0.2) is 36.5 Å². The maximum Gasteiger partial charge on any atom is 0.271 e. The Morgan fingerprint density at radius 2 is 2.18 bits per heavy atom. The summed E-state index contributed by atoms with van der Waals surface area (Å²) >= 11 is 5.97. The fraction of sp³-hybridized carbons (Fsp3) is 0.455. The van der Waals surface area contributed by atoms with Crippen molar-refractivity contribution in [3.63, 3.8) is 0 Å². The highest BCUT2D eigenvalue weighted by Gasteiger charge is 2.11. The Labute approximate surface area is 106 Å². The number of benzene rings is 1. The van der Waals surface area contributed by atoms with Gasteiger partial charge in [-0.15, -0.1) is 0 Å². The highest BCUT2D eigenvalue weighted by Crippen LogP contribution is 2.27. The van der Waals surface area contributed by atoms with Crippen LogP contribution >= 0.6 is 11.6 Å². The van der Waals surface area contributed by atoms with Crippen molar-refractivity contribution in [2.75, 3.05) is 26.0 Å². The predicted molar refractivity (Wildman–Crippen MR) is 69.7 cm³/mol. The molecule has 1 N–H and O–H groups in total. The van der Waals surface area contributed by atoms with Crippen LogP contribution in [0.5, 0.6) is 0 Å². The summed E-state index contributed by atoms with van der Waals surface area (Å²) in [5, 5.41) is 14.1. The summed E-state index contributed by atoms with van der Waals surface area (Å²) in [6.45, 7) is 2.88. The van der Waals surface area contributed by atoms with E-state index >= 15 is 0 Å². The molecule has 0 bridgehead atoms. The van der Waals surface area contributed by atoms with Crippen molar-refractivity contribution in [3.05, 3.63) is 33.3 Å². The van der Waals surface area contributed by atoms with E-state index in [-0.39, 0.29) is 11.7 Å². The van der Waals surface area contributed by atoms with E-state index < -0.39 is 4.92 Å². The Balaban J connectivity index is 2.75. The summed E-state index contributed by atoms with van der Waals surface area (Å²) in [5.41, 5.74) is 0.715. The molecule has 5 nitrogen and oxygen atoms in total. The molecule has 1 aromatic carbocycles. The molecule has 1 atom stereocenters. The topological polar surface area (TPSA) is 58.4 Å². The van der Waals surface area contributed by atoms with Crippen LogP contribution in [0.3, 0.4) is 0 Å². The van der Waals surface area contributed by atoms with Gasteiger partial charge in [0.2, 0.25) is 0 Å². The highest BCUT2D eigenvalue weighted by atomic mass is 35.5. The van der Waals surface area contributed by atoms with Crippen LogP contribution in [0.4, 0.5) is 11.4 Å². The number of nitrogens with zero attached hydrogens (tertiary/aromatic N) is 2. The van der Waals surface area contributed by atoms with E-state index in [0.717, 1.165) is 6.54 Å². The van der Waals surface area contributed by atoms with Gasteiger partial charge in [0, 0.05) is 24.7 Å². The molecule has 0 heterocycles. The van der Waals surface area contributed by atoms with Crippen LogP contribution in [0, 0.1) is 10.1 Å². The Bertz CT molecular complexity index is 410. The second-order valence-electron chi connectivity index (χ2n) is 4.23. The van der Waals surface area contributed by atoms with Gasteiger partial charge in [0.1, 0.15) is 0 Å². The molecule has 94 valence electrons. The van der Waals surface area contributed by atoms with E-state index in [1.165, 1.54) is 12.1 Å². The largest absolute Gasteiger partial charge is 0.380 e. The van der Waals surface area contributed by atoms with E-state index in [4.69, 9.17) is 11.6 Å². The lowest BCUT2D eigenvalue weighted by atomic mass is 10.2. The van der Waals surface area contributed by atoms with Crippen molar-refractivity contribution in [3.8, 4) is 0 Å². The van der Waals surface area contributed by atoms with Gasteiger partial charge in [0.15, 0.2) is 0 Å². The molecular formula is C11H16ClN3O2. The van der Waals surface area contributed by atoms with Gasteiger partial charge in [-0.2, -0.15) is 0 Å². The number of halogens is 1. The van der Waals surface area contributed by atoms with Crippen molar-refractivity contribution in [1.29, 1.82) is 0 Å². The first-order valence-electron chi connectivity index (χ1n) is 5.25. The second kappa shape index (κ2) is 5.84. The number of hydrogen-bond donors (Lipinski definition) is 1. The summed E-state index contributed by atoms with van der Waals surface area (Å²) < 4.78 is 0. The van der Waals surface area contributed by atoms with E-state index in [1.54, 1.807) is 6.07 Å². The third-order valence-corrected chi connectivity index (χ3v) is 2.52. The summed E-state index contributed by atoms with van der Waals surface area (Å²) in [5.74, 6) is 0. The molecule has 17 heavy (non-hydrogen) atoms. The number of nitrogens with one attached hydrogen (secondary N) is 1. The molecule has 0 saturated heterocycles. The highest BCUT2D eigenvalue weighted by molar-refractivity contribution is 6.33. The molecule has 1 rings (SSSR count). The Morgan fingerprint density at radius 3 is 2.65 bits per heavy atom. The van der Waals surface area contributed by atoms with Crippen molar-refractivity contribution in [2.24, 2.45) is 0 Å². The second-order valence-corrected chi connectivity index (χ2v) is 4.64. The van der Waals surface area contributed by atoms with Crippen molar-refractivity contribution >= 4 is 23.0 Å². The molecule has 1 aromatic rings. The average Bonchev–Trinajstić information content (AvgIpc) is 2.19. The van der Waals surface area contributed by atoms with E-state index in [0.29, 0.717) is 10.7 Å². The lowest BCUT2D eigenvalue weighted by Crippen LogP contribution is -2.29. The fourth-order valence-electron chi connectivity index (χ4n) is 1.59. The zero-order valence-electron chi connectivity index (χ0n) is 10.1. The molecule has 6 heteroatoms. The lowest BCUT2D eigenvalue weighted by Gasteiger charge is -2.19. The minimum absolute atomic E-state index is 0.000752. The van der Waals surface area contributed by atoms with E-state index in [2.05, 4.69) is 10.2 Å². The predicted octanol–water partition coefficient (Wildman–Crippen LogP) is 2.61. The third kappa shape index (κ3) is 4.20. The number of likely N-dealkylation sites (N-methyl/N-ethyl adjacent to an activating group) is 1. The van der Waals surface area contributed by atoms with E-state index in [1.807, 2.05) is 21.0 Å². The molecule has 0 aliphatic rings. The normalized spacial score (nSPS) is 12.5. The molecule has 0 saturated carbocycles. The van der Waals surface area contributed by atoms with Crippen LogP contribution in [0.15, 0.2) is 18.2 Å². The van der Waals surface area contributed by atoms with Crippen molar-refractivity contribution in [1.82, 2.24) is 4.90 Å². The minimum atomic E-state index is -0.459. The monoisotopic (exact) mass is 257 g/mol. The standard InChI is InChI=1S/C11H16ClN3O2/c1-8(7-14(2)3)13-11-5-4-9(15(16)17)6-10(11)12/h4-6,8,13H,7H2,1-3H3. The summed E-state index contributed by atoms with van der Waals surface area (Å²) in [6.07, 6.45) is 0. The Morgan fingerprint density at radius 1 is 1.53 bits per heavy atom. The van der Waals surface area contributed by atoms with Crippen molar-refractivity contribution in [2.45, 2.75) is 13.0 Å². The first-order chi connectivity index (χ1) is 7.90. The molecule has 0 aliphatic heterocycles. The first-order valence-corrected chi connectivity index (χ1v) is 5.63. The third-order valence-electron chi connectivity index (χ3n) is 2.20.